The standard InChI is InChI=1S/C29H34F2N4O2/c1-17(30)10-11-21(19(3)31)22-8-7-9-24-27(22)23(28(36)34-24)16-25-18(2)26(20(4)33-25)29(37)32-12-15-35-13-5-6-14-35/h7-11,16,20,26,33H,3,5-6,12-15H2,1-2,4H3,(H,32,37)(H,34,36)/b17-10+,21-11+,23-16-. The van der Waals surface area contributed by atoms with Gasteiger partial charge in [-0.05, 0) is 82.1 Å². The molecule has 1 fully saturated rings. The molecule has 1 aromatic rings. The minimum absolute atomic E-state index is 0.0469. The monoisotopic (exact) mass is 508 g/mol. The summed E-state index contributed by atoms with van der Waals surface area (Å²) in [6.45, 7) is 12.1. The molecule has 2 unspecified atom stereocenters. The van der Waals surface area contributed by atoms with Gasteiger partial charge in [0.2, 0.25) is 5.91 Å². The lowest BCUT2D eigenvalue weighted by molar-refractivity contribution is -0.124. The number of hydrogen-bond acceptors (Lipinski definition) is 4. The van der Waals surface area contributed by atoms with Gasteiger partial charge in [-0.3, -0.25) is 9.59 Å². The van der Waals surface area contributed by atoms with E-state index in [2.05, 4.69) is 27.4 Å². The second-order valence-electron chi connectivity index (χ2n) is 9.83. The number of likely N-dealkylation sites (tertiary alicyclic amines) is 1. The lowest BCUT2D eigenvalue weighted by Crippen LogP contribution is -2.41. The number of fused-ring (bicyclic) bond motifs is 1. The summed E-state index contributed by atoms with van der Waals surface area (Å²) in [6.07, 6.45) is 6.60. The Balaban J connectivity index is 1.63. The highest BCUT2D eigenvalue weighted by molar-refractivity contribution is 6.33. The highest BCUT2D eigenvalue weighted by Gasteiger charge is 2.35. The number of benzene rings is 1. The topological polar surface area (TPSA) is 73.5 Å². The van der Waals surface area contributed by atoms with E-state index in [9.17, 15) is 18.4 Å². The van der Waals surface area contributed by atoms with Crippen LogP contribution in [0.3, 0.4) is 0 Å². The van der Waals surface area contributed by atoms with Gasteiger partial charge >= 0.3 is 0 Å². The molecule has 0 radical (unpaired) electrons. The van der Waals surface area contributed by atoms with E-state index in [0.29, 0.717) is 34.6 Å². The second kappa shape index (κ2) is 11.3. The quantitative estimate of drug-likeness (QED) is 0.347. The first-order valence-corrected chi connectivity index (χ1v) is 12.7. The van der Waals surface area contributed by atoms with Gasteiger partial charge in [-0.1, -0.05) is 18.7 Å². The molecule has 2 amide bonds. The minimum atomic E-state index is -0.738. The smallest absolute Gasteiger partial charge is 0.256 e. The number of allylic oxidation sites excluding steroid dienone is 6. The third kappa shape index (κ3) is 5.74. The van der Waals surface area contributed by atoms with E-state index in [-0.39, 0.29) is 29.3 Å². The number of carbonyl (C=O) groups excluding carboxylic acids is 2. The molecular formula is C29H34F2N4O2. The van der Waals surface area contributed by atoms with Crippen LogP contribution in [0.1, 0.15) is 44.7 Å². The molecule has 3 heterocycles. The number of carbonyl (C=O) groups is 2. The SMILES string of the molecule is C=C(F)/C(=C\C=C(/C)F)c1cccc2c1/C(=C/C1=C(C)C(C(=O)NCCN3CCCC3)C(C)N1)C(=O)N2. The zero-order valence-corrected chi connectivity index (χ0v) is 21.6. The van der Waals surface area contributed by atoms with E-state index in [1.165, 1.54) is 25.8 Å². The van der Waals surface area contributed by atoms with Crippen molar-refractivity contribution in [1.29, 1.82) is 0 Å². The number of rotatable bonds is 8. The van der Waals surface area contributed by atoms with Crippen LogP contribution in [-0.4, -0.2) is 48.9 Å². The summed E-state index contributed by atoms with van der Waals surface area (Å²) in [6, 6.07) is 4.95. The molecule has 6 nitrogen and oxygen atoms in total. The Morgan fingerprint density at radius 3 is 2.65 bits per heavy atom. The molecule has 4 rings (SSSR count). The van der Waals surface area contributed by atoms with Crippen molar-refractivity contribution in [2.45, 2.75) is 39.7 Å². The van der Waals surface area contributed by atoms with Crippen LogP contribution < -0.4 is 16.0 Å². The molecule has 196 valence electrons. The van der Waals surface area contributed by atoms with Crippen molar-refractivity contribution < 1.29 is 18.4 Å². The Kier molecular flexibility index (Phi) is 8.07. The van der Waals surface area contributed by atoms with Gasteiger partial charge in [0.15, 0.2) is 0 Å². The summed E-state index contributed by atoms with van der Waals surface area (Å²) in [4.78, 5) is 28.4. The van der Waals surface area contributed by atoms with E-state index in [1.54, 1.807) is 24.3 Å². The molecule has 0 spiro atoms. The maximum absolute atomic E-state index is 14.4. The largest absolute Gasteiger partial charge is 0.381 e. The first kappa shape index (κ1) is 26.5. The number of halogens is 2. The highest BCUT2D eigenvalue weighted by atomic mass is 19.1. The molecule has 3 N–H and O–H groups in total. The predicted molar refractivity (Wildman–Crippen MR) is 144 cm³/mol. The number of anilines is 1. The van der Waals surface area contributed by atoms with Crippen molar-refractivity contribution in [3.8, 4) is 0 Å². The van der Waals surface area contributed by atoms with E-state index < -0.39 is 11.7 Å². The van der Waals surface area contributed by atoms with Crippen LogP contribution in [0, 0.1) is 5.92 Å². The first-order valence-electron chi connectivity index (χ1n) is 12.7. The second-order valence-corrected chi connectivity index (χ2v) is 9.83. The maximum atomic E-state index is 14.4. The van der Waals surface area contributed by atoms with E-state index >= 15 is 0 Å². The molecule has 2 atom stereocenters. The van der Waals surface area contributed by atoms with Crippen LogP contribution in [0.5, 0.6) is 0 Å². The van der Waals surface area contributed by atoms with Crippen LogP contribution >= 0.6 is 0 Å². The number of nitrogens with one attached hydrogen (secondary N) is 3. The van der Waals surface area contributed by atoms with Crippen LogP contribution in [0.15, 0.2) is 65.9 Å². The van der Waals surface area contributed by atoms with Crippen molar-refractivity contribution in [2.75, 3.05) is 31.5 Å². The van der Waals surface area contributed by atoms with Crippen molar-refractivity contribution in [3.63, 3.8) is 0 Å². The molecule has 1 aromatic carbocycles. The highest BCUT2D eigenvalue weighted by Crippen LogP contribution is 2.41. The van der Waals surface area contributed by atoms with Gasteiger partial charge in [0.1, 0.15) is 5.83 Å². The molecular weight excluding hydrogens is 474 g/mol. The van der Waals surface area contributed by atoms with Gasteiger partial charge in [-0.2, -0.15) is 0 Å². The normalized spacial score (nSPS) is 23.4. The van der Waals surface area contributed by atoms with Gasteiger partial charge in [0, 0.05) is 41.7 Å². The summed E-state index contributed by atoms with van der Waals surface area (Å²) in [7, 11) is 0. The summed E-state index contributed by atoms with van der Waals surface area (Å²) < 4.78 is 27.8. The van der Waals surface area contributed by atoms with Gasteiger partial charge in [0.25, 0.3) is 5.91 Å². The zero-order valence-electron chi connectivity index (χ0n) is 21.6. The minimum Gasteiger partial charge on any atom is -0.381 e. The Bertz CT molecular complexity index is 1230. The summed E-state index contributed by atoms with van der Waals surface area (Å²) in [5.41, 5.74) is 3.40. The maximum Gasteiger partial charge on any atom is 0.256 e. The van der Waals surface area contributed by atoms with Gasteiger partial charge < -0.3 is 20.9 Å². The molecule has 0 aliphatic carbocycles. The molecule has 8 heteroatoms. The average molecular weight is 509 g/mol. The Morgan fingerprint density at radius 1 is 1.24 bits per heavy atom. The Morgan fingerprint density at radius 2 is 1.97 bits per heavy atom. The van der Waals surface area contributed by atoms with Gasteiger partial charge in [0.05, 0.1) is 17.3 Å². The fourth-order valence-electron chi connectivity index (χ4n) is 5.30. The van der Waals surface area contributed by atoms with Crippen LogP contribution in [0.25, 0.3) is 11.1 Å². The van der Waals surface area contributed by atoms with Crippen LogP contribution in [0.4, 0.5) is 14.5 Å². The molecule has 0 aromatic heterocycles. The number of amides is 2. The summed E-state index contributed by atoms with van der Waals surface area (Å²) >= 11 is 0. The summed E-state index contributed by atoms with van der Waals surface area (Å²) in [5.74, 6) is -1.97. The van der Waals surface area contributed by atoms with E-state index in [1.807, 2.05) is 13.8 Å². The summed E-state index contributed by atoms with van der Waals surface area (Å²) in [5, 5.41) is 9.23. The van der Waals surface area contributed by atoms with Crippen molar-refractivity contribution in [1.82, 2.24) is 15.5 Å². The molecule has 37 heavy (non-hydrogen) atoms. The lowest BCUT2D eigenvalue weighted by atomic mass is 9.92. The van der Waals surface area contributed by atoms with Crippen molar-refractivity contribution in [2.24, 2.45) is 5.92 Å². The van der Waals surface area contributed by atoms with E-state index in [4.69, 9.17) is 0 Å². The number of hydrogen-bond donors (Lipinski definition) is 3. The lowest BCUT2D eigenvalue weighted by Gasteiger charge is -2.19. The van der Waals surface area contributed by atoms with Gasteiger partial charge in [-0.15, -0.1) is 0 Å². The molecule has 3 aliphatic rings. The average Bonchev–Trinajstić information content (AvgIpc) is 3.53. The fourth-order valence-corrected chi connectivity index (χ4v) is 5.30. The van der Waals surface area contributed by atoms with Crippen molar-refractivity contribution in [3.05, 3.63) is 77.1 Å². The molecule has 0 bridgehead atoms. The Hall–Kier alpha value is -3.52. The molecule has 1 saturated heterocycles. The van der Waals surface area contributed by atoms with Crippen LogP contribution in [0.2, 0.25) is 0 Å². The number of nitrogens with zero attached hydrogens (tertiary/aromatic N) is 1. The third-order valence-corrected chi connectivity index (χ3v) is 7.16. The molecule has 0 saturated carbocycles. The first-order chi connectivity index (χ1) is 17.7. The van der Waals surface area contributed by atoms with Gasteiger partial charge in [-0.25, -0.2) is 8.78 Å². The fraction of sp³-hybridized carbons (Fsp3) is 0.379. The zero-order chi connectivity index (χ0) is 26.7. The van der Waals surface area contributed by atoms with Crippen LogP contribution in [-0.2, 0) is 9.59 Å². The van der Waals surface area contributed by atoms with E-state index in [0.717, 1.165) is 31.3 Å². The third-order valence-electron chi connectivity index (χ3n) is 7.16. The molecule has 3 aliphatic heterocycles. The predicted octanol–water partition coefficient (Wildman–Crippen LogP) is 4.86. The van der Waals surface area contributed by atoms with Crippen molar-refractivity contribution >= 4 is 28.6 Å². The Labute approximate surface area is 216 Å².